The van der Waals surface area contributed by atoms with Gasteiger partial charge >= 0.3 is 0 Å². The van der Waals surface area contributed by atoms with Crippen LogP contribution in [0.4, 0.5) is 0 Å². The molecule has 4 heteroatoms. The van der Waals surface area contributed by atoms with Gasteiger partial charge in [0.25, 0.3) is 0 Å². The maximum Gasteiger partial charge on any atom is 0.225 e. The lowest BCUT2D eigenvalue weighted by Crippen LogP contribution is -2.48. The Morgan fingerprint density at radius 2 is 1.88 bits per heavy atom. The van der Waals surface area contributed by atoms with E-state index in [2.05, 4.69) is 17.0 Å². The van der Waals surface area contributed by atoms with Crippen LogP contribution in [0.5, 0.6) is 5.75 Å². The first-order valence-electron chi connectivity index (χ1n) is 9.76. The molecule has 3 aliphatic rings. The molecule has 1 saturated heterocycles. The van der Waals surface area contributed by atoms with E-state index in [0.717, 1.165) is 57.0 Å². The molecule has 1 heterocycles. The highest BCUT2D eigenvalue weighted by atomic mass is 16.5. The summed E-state index contributed by atoms with van der Waals surface area (Å²) >= 11 is 0. The standard InChI is InChI=1S/C21H29NO3/c1-24-19-8-4-15(5-9-19)12-18-13-22(21(23)17-6-7-17)11-10-20(18)25-14-16-2-3-16/h4-5,8-9,16-18,20H,2-3,6-7,10-14H2,1H3/t18-,20+/m0/s1. The van der Waals surface area contributed by atoms with Crippen molar-refractivity contribution in [1.82, 2.24) is 4.90 Å². The maximum atomic E-state index is 12.5. The number of rotatable bonds is 7. The maximum absolute atomic E-state index is 12.5. The normalized spacial score (nSPS) is 26.5. The van der Waals surface area contributed by atoms with E-state index in [1.165, 1.54) is 18.4 Å². The van der Waals surface area contributed by atoms with Crippen molar-refractivity contribution in [2.24, 2.45) is 17.8 Å². The van der Waals surface area contributed by atoms with E-state index in [9.17, 15) is 4.79 Å². The highest BCUT2D eigenvalue weighted by Gasteiger charge is 2.38. The zero-order chi connectivity index (χ0) is 17.2. The van der Waals surface area contributed by atoms with Crippen LogP contribution in [0.1, 0.15) is 37.7 Å². The van der Waals surface area contributed by atoms with Gasteiger partial charge in [-0.2, -0.15) is 0 Å². The zero-order valence-corrected chi connectivity index (χ0v) is 15.2. The summed E-state index contributed by atoms with van der Waals surface area (Å²) in [6.07, 6.45) is 7.04. The molecule has 0 radical (unpaired) electrons. The van der Waals surface area contributed by atoms with E-state index in [0.29, 0.717) is 17.7 Å². The number of piperidine rings is 1. The number of nitrogens with zero attached hydrogens (tertiary/aromatic N) is 1. The summed E-state index contributed by atoms with van der Waals surface area (Å²) < 4.78 is 11.5. The quantitative estimate of drug-likeness (QED) is 0.762. The van der Waals surface area contributed by atoms with Gasteiger partial charge in [-0.25, -0.2) is 0 Å². The van der Waals surface area contributed by atoms with Crippen LogP contribution in [0.25, 0.3) is 0 Å². The van der Waals surface area contributed by atoms with Gasteiger partial charge in [0.05, 0.1) is 13.2 Å². The predicted molar refractivity (Wildman–Crippen MR) is 96.6 cm³/mol. The van der Waals surface area contributed by atoms with Crippen molar-refractivity contribution >= 4 is 5.91 Å². The Morgan fingerprint density at radius 3 is 2.52 bits per heavy atom. The Morgan fingerprint density at radius 1 is 1.12 bits per heavy atom. The smallest absolute Gasteiger partial charge is 0.225 e. The van der Waals surface area contributed by atoms with Crippen LogP contribution in [0.3, 0.4) is 0 Å². The minimum absolute atomic E-state index is 0.283. The summed E-state index contributed by atoms with van der Waals surface area (Å²) in [5.41, 5.74) is 1.30. The summed E-state index contributed by atoms with van der Waals surface area (Å²) in [5, 5.41) is 0. The summed E-state index contributed by atoms with van der Waals surface area (Å²) in [7, 11) is 1.69. The number of carbonyl (C=O) groups excluding carboxylic acids is 1. The molecule has 2 atom stereocenters. The number of hydrogen-bond acceptors (Lipinski definition) is 3. The van der Waals surface area contributed by atoms with Gasteiger partial charge < -0.3 is 14.4 Å². The fourth-order valence-electron chi connectivity index (χ4n) is 3.82. The molecule has 1 aliphatic heterocycles. The van der Waals surface area contributed by atoms with Gasteiger partial charge in [-0.05, 0) is 62.1 Å². The first-order valence-corrected chi connectivity index (χ1v) is 9.76. The second-order valence-electron chi connectivity index (χ2n) is 7.97. The van der Waals surface area contributed by atoms with Crippen LogP contribution < -0.4 is 4.74 Å². The number of amides is 1. The SMILES string of the molecule is COc1ccc(C[C@H]2CN(C(=O)C3CC3)CC[C@H]2OCC2CC2)cc1. The molecule has 1 amide bonds. The second kappa shape index (κ2) is 7.36. The molecule has 0 unspecified atom stereocenters. The molecule has 2 aliphatic carbocycles. The lowest BCUT2D eigenvalue weighted by atomic mass is 9.88. The molecule has 4 rings (SSSR count). The van der Waals surface area contributed by atoms with Gasteiger partial charge in [-0.1, -0.05) is 12.1 Å². The van der Waals surface area contributed by atoms with E-state index < -0.39 is 0 Å². The Bertz CT molecular complexity index is 592. The summed E-state index contributed by atoms with van der Waals surface area (Å²) in [6.45, 7) is 2.61. The van der Waals surface area contributed by atoms with E-state index in [4.69, 9.17) is 9.47 Å². The second-order valence-corrected chi connectivity index (χ2v) is 7.97. The van der Waals surface area contributed by atoms with Crippen molar-refractivity contribution in [3.05, 3.63) is 29.8 Å². The molecule has 2 saturated carbocycles. The van der Waals surface area contributed by atoms with E-state index >= 15 is 0 Å². The van der Waals surface area contributed by atoms with Crippen LogP contribution in [0.2, 0.25) is 0 Å². The van der Waals surface area contributed by atoms with E-state index in [1.807, 2.05) is 12.1 Å². The van der Waals surface area contributed by atoms with Gasteiger partial charge in [0.15, 0.2) is 0 Å². The Labute approximate surface area is 150 Å². The van der Waals surface area contributed by atoms with E-state index in [-0.39, 0.29) is 6.10 Å². The molecule has 1 aromatic carbocycles. The predicted octanol–water partition coefficient (Wildman–Crippen LogP) is 3.29. The first kappa shape index (κ1) is 16.9. The number of hydrogen-bond donors (Lipinski definition) is 0. The summed E-state index contributed by atoms with van der Waals surface area (Å²) in [4.78, 5) is 14.6. The highest BCUT2D eigenvalue weighted by molar-refractivity contribution is 5.81. The van der Waals surface area contributed by atoms with E-state index in [1.54, 1.807) is 7.11 Å². The van der Waals surface area contributed by atoms with Gasteiger partial charge in [0.1, 0.15) is 5.75 Å². The minimum atomic E-state index is 0.283. The number of likely N-dealkylation sites (tertiary alicyclic amines) is 1. The molecular weight excluding hydrogens is 314 g/mol. The molecule has 4 nitrogen and oxygen atoms in total. The van der Waals surface area contributed by atoms with Gasteiger partial charge in [0, 0.05) is 31.5 Å². The number of ether oxygens (including phenoxy) is 2. The Hall–Kier alpha value is -1.55. The van der Waals surface area contributed by atoms with Crippen molar-refractivity contribution in [3.63, 3.8) is 0 Å². The molecule has 0 spiro atoms. The molecule has 0 N–H and O–H groups in total. The third-order valence-electron chi connectivity index (χ3n) is 5.80. The fourth-order valence-corrected chi connectivity index (χ4v) is 3.82. The summed E-state index contributed by atoms with van der Waals surface area (Å²) in [5.74, 6) is 2.75. The van der Waals surface area contributed by atoms with Gasteiger partial charge in [0.2, 0.25) is 5.91 Å². The molecule has 1 aromatic rings. The Balaban J connectivity index is 1.41. The third-order valence-corrected chi connectivity index (χ3v) is 5.80. The first-order chi connectivity index (χ1) is 12.2. The van der Waals surface area contributed by atoms with Crippen LogP contribution in [0, 0.1) is 17.8 Å². The molecule has 0 bridgehead atoms. The lowest BCUT2D eigenvalue weighted by Gasteiger charge is -2.39. The van der Waals surface area contributed by atoms with Gasteiger partial charge in [-0.15, -0.1) is 0 Å². The third kappa shape index (κ3) is 4.35. The molecule has 25 heavy (non-hydrogen) atoms. The van der Waals surface area contributed by atoms with Crippen molar-refractivity contribution in [3.8, 4) is 5.75 Å². The molecular formula is C21H29NO3. The van der Waals surface area contributed by atoms with Crippen molar-refractivity contribution in [2.45, 2.75) is 44.6 Å². The summed E-state index contributed by atoms with van der Waals surface area (Å²) in [6, 6.07) is 8.31. The minimum Gasteiger partial charge on any atom is -0.497 e. The fraction of sp³-hybridized carbons (Fsp3) is 0.667. The van der Waals surface area contributed by atoms with Crippen LogP contribution in [-0.2, 0) is 16.0 Å². The zero-order valence-electron chi connectivity index (χ0n) is 15.2. The van der Waals surface area contributed by atoms with Crippen LogP contribution >= 0.6 is 0 Å². The number of benzene rings is 1. The van der Waals surface area contributed by atoms with Gasteiger partial charge in [-0.3, -0.25) is 4.79 Å². The van der Waals surface area contributed by atoms with Crippen molar-refractivity contribution in [1.29, 1.82) is 0 Å². The van der Waals surface area contributed by atoms with Crippen molar-refractivity contribution < 1.29 is 14.3 Å². The lowest BCUT2D eigenvalue weighted by molar-refractivity contribution is -0.137. The van der Waals surface area contributed by atoms with Crippen molar-refractivity contribution in [2.75, 3.05) is 26.8 Å². The number of methoxy groups -OCH3 is 1. The highest BCUT2D eigenvalue weighted by Crippen LogP contribution is 2.35. The molecule has 3 fully saturated rings. The molecule has 0 aromatic heterocycles. The molecule has 136 valence electrons. The topological polar surface area (TPSA) is 38.8 Å². The number of carbonyl (C=O) groups is 1. The van der Waals surface area contributed by atoms with Crippen LogP contribution in [-0.4, -0.2) is 43.7 Å². The largest absolute Gasteiger partial charge is 0.497 e. The average molecular weight is 343 g/mol. The average Bonchev–Trinajstić information content (AvgIpc) is 3.54. The van der Waals surface area contributed by atoms with Crippen LogP contribution in [0.15, 0.2) is 24.3 Å². The monoisotopic (exact) mass is 343 g/mol. The Kier molecular flexibility index (Phi) is 4.98.